The van der Waals surface area contributed by atoms with Crippen molar-refractivity contribution in [2.24, 2.45) is 0 Å². The van der Waals surface area contributed by atoms with Gasteiger partial charge in [-0.25, -0.2) is 0 Å². The first-order chi connectivity index (χ1) is 8.81. The molecule has 0 unspecified atom stereocenters. The molecule has 0 aliphatic heterocycles. The third-order valence-corrected chi connectivity index (χ3v) is 2.62. The molecule has 2 rings (SSSR count). The molecule has 0 bridgehead atoms. The molecule has 2 N–H and O–H groups in total. The van der Waals surface area contributed by atoms with E-state index in [9.17, 15) is 4.79 Å². The molecule has 0 aliphatic carbocycles. The maximum atomic E-state index is 11.6. The first-order valence-corrected chi connectivity index (χ1v) is 5.90. The normalized spacial score (nSPS) is 10.1. The summed E-state index contributed by atoms with van der Waals surface area (Å²) in [6, 6.07) is 17.8. The Morgan fingerprint density at radius 2 is 1.67 bits per heavy atom. The molecule has 2 aromatic carbocycles. The lowest BCUT2D eigenvalue weighted by molar-refractivity contribution is -0.115. The minimum Gasteiger partial charge on any atom is -0.324 e. The molecule has 0 spiro atoms. The SMILES string of the molecule is CNCC(=O)Nc1ccccc1-c1ccccc1. The molecule has 0 fully saturated rings. The third kappa shape index (κ3) is 2.96. The van der Waals surface area contributed by atoms with Gasteiger partial charge in [-0.15, -0.1) is 0 Å². The monoisotopic (exact) mass is 240 g/mol. The molecule has 0 aliphatic rings. The van der Waals surface area contributed by atoms with E-state index in [-0.39, 0.29) is 5.91 Å². The molecule has 0 atom stereocenters. The fraction of sp³-hybridized carbons (Fsp3) is 0.133. The minimum atomic E-state index is -0.0409. The number of amides is 1. The summed E-state index contributed by atoms with van der Waals surface area (Å²) < 4.78 is 0. The van der Waals surface area contributed by atoms with Crippen molar-refractivity contribution < 1.29 is 4.79 Å². The molecule has 0 radical (unpaired) electrons. The molecule has 0 aromatic heterocycles. The van der Waals surface area contributed by atoms with Gasteiger partial charge in [0.1, 0.15) is 0 Å². The van der Waals surface area contributed by atoms with Gasteiger partial charge in [-0.1, -0.05) is 48.5 Å². The van der Waals surface area contributed by atoms with Crippen molar-refractivity contribution in [1.29, 1.82) is 0 Å². The van der Waals surface area contributed by atoms with Gasteiger partial charge in [-0.05, 0) is 18.7 Å². The van der Waals surface area contributed by atoms with Gasteiger partial charge in [0.05, 0.1) is 6.54 Å². The van der Waals surface area contributed by atoms with Gasteiger partial charge < -0.3 is 10.6 Å². The standard InChI is InChI=1S/C15H16N2O/c1-16-11-15(18)17-14-10-6-5-9-13(14)12-7-3-2-4-8-12/h2-10,16H,11H2,1H3,(H,17,18). The van der Waals surface area contributed by atoms with Crippen molar-refractivity contribution in [3.63, 3.8) is 0 Å². The Balaban J connectivity index is 2.29. The Hall–Kier alpha value is -2.13. The van der Waals surface area contributed by atoms with E-state index in [0.717, 1.165) is 16.8 Å². The predicted molar refractivity (Wildman–Crippen MR) is 74.4 cm³/mol. The van der Waals surface area contributed by atoms with Gasteiger partial charge in [0.25, 0.3) is 0 Å². The summed E-state index contributed by atoms with van der Waals surface area (Å²) >= 11 is 0. The van der Waals surface area contributed by atoms with Crippen molar-refractivity contribution in [2.75, 3.05) is 18.9 Å². The Morgan fingerprint density at radius 1 is 1.00 bits per heavy atom. The average Bonchev–Trinajstić information content (AvgIpc) is 2.40. The molecule has 0 heterocycles. The van der Waals surface area contributed by atoms with Crippen molar-refractivity contribution >= 4 is 11.6 Å². The fourth-order valence-electron chi connectivity index (χ4n) is 1.82. The maximum absolute atomic E-state index is 11.6. The second kappa shape index (κ2) is 5.98. The van der Waals surface area contributed by atoms with E-state index < -0.39 is 0 Å². The Labute approximate surface area is 107 Å². The lowest BCUT2D eigenvalue weighted by Gasteiger charge is -2.11. The van der Waals surface area contributed by atoms with Crippen LogP contribution >= 0.6 is 0 Å². The maximum Gasteiger partial charge on any atom is 0.238 e. The molecular weight excluding hydrogens is 224 g/mol. The summed E-state index contributed by atoms with van der Waals surface area (Å²) in [5, 5.41) is 5.74. The number of para-hydroxylation sites is 1. The quantitative estimate of drug-likeness (QED) is 0.862. The average molecular weight is 240 g/mol. The Morgan fingerprint density at radius 3 is 2.39 bits per heavy atom. The zero-order valence-electron chi connectivity index (χ0n) is 10.3. The first kappa shape index (κ1) is 12.3. The van der Waals surface area contributed by atoms with Gasteiger partial charge in [0.15, 0.2) is 0 Å². The van der Waals surface area contributed by atoms with Crippen LogP contribution in [0, 0.1) is 0 Å². The van der Waals surface area contributed by atoms with Crippen LogP contribution in [0.3, 0.4) is 0 Å². The zero-order chi connectivity index (χ0) is 12.8. The van der Waals surface area contributed by atoms with E-state index in [2.05, 4.69) is 10.6 Å². The van der Waals surface area contributed by atoms with Crippen molar-refractivity contribution in [3.8, 4) is 11.1 Å². The lowest BCUT2D eigenvalue weighted by Crippen LogP contribution is -2.25. The lowest BCUT2D eigenvalue weighted by atomic mass is 10.0. The van der Waals surface area contributed by atoms with E-state index in [4.69, 9.17) is 0 Å². The molecular formula is C15H16N2O. The minimum absolute atomic E-state index is 0.0409. The van der Waals surface area contributed by atoms with Gasteiger partial charge in [0, 0.05) is 11.3 Å². The van der Waals surface area contributed by atoms with Crippen molar-refractivity contribution in [2.45, 2.75) is 0 Å². The highest BCUT2D eigenvalue weighted by Crippen LogP contribution is 2.27. The van der Waals surface area contributed by atoms with Crippen LogP contribution in [0.15, 0.2) is 54.6 Å². The van der Waals surface area contributed by atoms with Gasteiger partial charge in [0.2, 0.25) is 5.91 Å². The second-order valence-electron chi connectivity index (χ2n) is 3.99. The van der Waals surface area contributed by atoms with Gasteiger partial charge >= 0.3 is 0 Å². The topological polar surface area (TPSA) is 41.1 Å². The molecule has 1 amide bonds. The highest BCUT2D eigenvalue weighted by molar-refractivity contribution is 5.96. The Bertz CT molecular complexity index is 523. The van der Waals surface area contributed by atoms with Crippen molar-refractivity contribution in [3.05, 3.63) is 54.6 Å². The fourth-order valence-corrected chi connectivity index (χ4v) is 1.82. The van der Waals surface area contributed by atoms with Crippen LogP contribution in [-0.4, -0.2) is 19.5 Å². The molecule has 3 heteroatoms. The van der Waals surface area contributed by atoms with E-state index in [0.29, 0.717) is 6.54 Å². The van der Waals surface area contributed by atoms with Crippen LogP contribution in [0.2, 0.25) is 0 Å². The van der Waals surface area contributed by atoms with Crippen molar-refractivity contribution in [1.82, 2.24) is 5.32 Å². The molecule has 18 heavy (non-hydrogen) atoms. The predicted octanol–water partition coefficient (Wildman–Crippen LogP) is 2.51. The number of hydrogen-bond donors (Lipinski definition) is 2. The number of likely N-dealkylation sites (N-methyl/N-ethyl adjacent to an activating group) is 1. The molecule has 3 nitrogen and oxygen atoms in total. The van der Waals surface area contributed by atoms with E-state index in [1.165, 1.54) is 0 Å². The Kier molecular flexibility index (Phi) is 4.10. The second-order valence-corrected chi connectivity index (χ2v) is 3.99. The molecule has 92 valence electrons. The summed E-state index contributed by atoms with van der Waals surface area (Å²) in [4.78, 5) is 11.6. The van der Waals surface area contributed by atoms with E-state index >= 15 is 0 Å². The number of benzene rings is 2. The van der Waals surface area contributed by atoms with Crippen LogP contribution in [0.25, 0.3) is 11.1 Å². The number of hydrogen-bond acceptors (Lipinski definition) is 2. The van der Waals surface area contributed by atoms with Crippen LogP contribution in [0.5, 0.6) is 0 Å². The van der Waals surface area contributed by atoms with Gasteiger partial charge in [-0.2, -0.15) is 0 Å². The summed E-state index contributed by atoms with van der Waals surface area (Å²) in [7, 11) is 1.75. The highest BCUT2D eigenvalue weighted by Gasteiger charge is 2.06. The number of carbonyl (C=O) groups excluding carboxylic acids is 1. The van der Waals surface area contributed by atoms with E-state index in [1.54, 1.807) is 7.05 Å². The largest absolute Gasteiger partial charge is 0.324 e. The first-order valence-electron chi connectivity index (χ1n) is 5.90. The highest BCUT2D eigenvalue weighted by atomic mass is 16.1. The number of carbonyl (C=O) groups is 1. The zero-order valence-corrected chi connectivity index (χ0v) is 10.3. The number of anilines is 1. The number of nitrogens with one attached hydrogen (secondary N) is 2. The number of rotatable bonds is 4. The smallest absolute Gasteiger partial charge is 0.238 e. The van der Waals surface area contributed by atoms with Crippen LogP contribution in [0.4, 0.5) is 5.69 Å². The van der Waals surface area contributed by atoms with E-state index in [1.807, 2.05) is 54.6 Å². The molecule has 2 aromatic rings. The molecule has 0 saturated heterocycles. The van der Waals surface area contributed by atoms with Crippen LogP contribution in [0.1, 0.15) is 0 Å². The van der Waals surface area contributed by atoms with Gasteiger partial charge in [-0.3, -0.25) is 4.79 Å². The third-order valence-electron chi connectivity index (χ3n) is 2.62. The van der Waals surface area contributed by atoms with Crippen LogP contribution in [-0.2, 0) is 4.79 Å². The summed E-state index contributed by atoms with van der Waals surface area (Å²) in [5.74, 6) is -0.0409. The van der Waals surface area contributed by atoms with Crippen LogP contribution < -0.4 is 10.6 Å². The molecule has 0 saturated carbocycles. The summed E-state index contributed by atoms with van der Waals surface area (Å²) in [5.41, 5.74) is 2.96. The summed E-state index contributed by atoms with van der Waals surface area (Å²) in [6.45, 7) is 0.309. The summed E-state index contributed by atoms with van der Waals surface area (Å²) in [6.07, 6.45) is 0.